The molecule has 3 nitrogen and oxygen atoms in total. The molecule has 0 aliphatic heterocycles. The van der Waals surface area contributed by atoms with Crippen LogP contribution in [0, 0.1) is 0 Å². The summed E-state index contributed by atoms with van der Waals surface area (Å²) < 4.78 is 0. The lowest BCUT2D eigenvalue weighted by molar-refractivity contribution is 0.103. The van der Waals surface area contributed by atoms with Gasteiger partial charge in [0.15, 0.2) is 5.78 Å². The number of ketones is 1. The zero-order valence-electron chi connectivity index (χ0n) is 21.8. The summed E-state index contributed by atoms with van der Waals surface area (Å²) in [4.78, 5) is 20.1. The van der Waals surface area contributed by atoms with Crippen molar-refractivity contribution in [2.24, 2.45) is 0 Å². The third kappa shape index (κ3) is 4.14. The highest BCUT2D eigenvalue weighted by atomic mass is 16.1. The number of benzene rings is 6. The minimum atomic E-state index is 0.0410. The Labute approximate surface area is 231 Å². The van der Waals surface area contributed by atoms with Gasteiger partial charge >= 0.3 is 0 Å². The normalized spacial score (nSPS) is 11.1. The zero-order chi connectivity index (χ0) is 26.9. The van der Waals surface area contributed by atoms with Crippen molar-refractivity contribution in [3.8, 4) is 11.1 Å². The lowest BCUT2D eigenvalue weighted by Gasteiger charge is -2.10. The van der Waals surface area contributed by atoms with Gasteiger partial charge in [0.25, 0.3) is 0 Å². The fourth-order valence-electron chi connectivity index (χ4n) is 5.56. The molecule has 0 saturated carbocycles. The minimum absolute atomic E-state index is 0.0410. The summed E-state index contributed by atoms with van der Waals surface area (Å²) in [6.45, 7) is 0. The standard InChI is InChI=1S/C25H17NO.C12H9N/c27-25(17-9-2-1-3-10-17)22-13-5-4-11-18(22)20-14-8-15-21-19-12-6-7-16-23(19)26-24(20)21;1-3-7-11-9(5-1)10-6-2-4-8-12(10)13-11/h1-16,26H;1-8,13H. The van der Waals surface area contributed by atoms with Crippen LogP contribution in [-0.2, 0) is 0 Å². The van der Waals surface area contributed by atoms with E-state index in [4.69, 9.17) is 0 Å². The van der Waals surface area contributed by atoms with Gasteiger partial charge < -0.3 is 9.97 Å². The highest BCUT2D eigenvalue weighted by Gasteiger charge is 2.17. The molecule has 0 aliphatic rings. The van der Waals surface area contributed by atoms with Gasteiger partial charge in [-0.3, -0.25) is 4.79 Å². The van der Waals surface area contributed by atoms with Crippen LogP contribution in [0.25, 0.3) is 54.7 Å². The van der Waals surface area contributed by atoms with Crippen molar-refractivity contribution in [1.82, 2.24) is 9.97 Å². The molecule has 0 amide bonds. The van der Waals surface area contributed by atoms with E-state index in [1.165, 1.54) is 32.6 Å². The molecule has 2 heterocycles. The summed E-state index contributed by atoms with van der Waals surface area (Å²) in [6, 6.07) is 48.6. The Hall–Kier alpha value is -5.41. The molecule has 6 aromatic carbocycles. The molecular weight excluding hydrogens is 488 g/mol. The monoisotopic (exact) mass is 514 g/mol. The molecular formula is C37H26N2O. The van der Waals surface area contributed by atoms with Crippen molar-refractivity contribution in [3.05, 3.63) is 157 Å². The summed E-state index contributed by atoms with van der Waals surface area (Å²) in [6.07, 6.45) is 0. The van der Waals surface area contributed by atoms with Gasteiger partial charge in [0.05, 0.1) is 5.52 Å². The fourth-order valence-corrected chi connectivity index (χ4v) is 5.56. The van der Waals surface area contributed by atoms with Crippen LogP contribution in [-0.4, -0.2) is 15.8 Å². The van der Waals surface area contributed by atoms with Crippen LogP contribution >= 0.6 is 0 Å². The maximum absolute atomic E-state index is 13.1. The van der Waals surface area contributed by atoms with Crippen molar-refractivity contribution in [1.29, 1.82) is 0 Å². The summed E-state index contributed by atoms with van der Waals surface area (Å²) in [5, 5.41) is 4.97. The smallest absolute Gasteiger partial charge is 0.193 e. The Morgan fingerprint density at radius 2 is 0.875 bits per heavy atom. The van der Waals surface area contributed by atoms with Gasteiger partial charge in [-0.15, -0.1) is 0 Å². The van der Waals surface area contributed by atoms with Crippen molar-refractivity contribution in [2.45, 2.75) is 0 Å². The molecule has 0 unspecified atom stereocenters. The zero-order valence-corrected chi connectivity index (χ0v) is 21.8. The van der Waals surface area contributed by atoms with E-state index in [1.54, 1.807) is 0 Å². The summed E-state index contributed by atoms with van der Waals surface area (Å²) in [7, 11) is 0. The molecule has 40 heavy (non-hydrogen) atoms. The molecule has 3 heteroatoms. The molecule has 190 valence electrons. The van der Waals surface area contributed by atoms with Crippen LogP contribution in [0.2, 0.25) is 0 Å². The first-order valence-corrected chi connectivity index (χ1v) is 13.4. The second-order valence-electron chi connectivity index (χ2n) is 9.86. The summed E-state index contributed by atoms with van der Waals surface area (Å²) in [5.74, 6) is 0.0410. The largest absolute Gasteiger partial charge is 0.355 e. The predicted octanol–water partition coefficient (Wildman–Crippen LogP) is 9.54. The van der Waals surface area contributed by atoms with Gasteiger partial charge in [-0.1, -0.05) is 127 Å². The number of fused-ring (bicyclic) bond motifs is 6. The minimum Gasteiger partial charge on any atom is -0.355 e. The molecule has 0 radical (unpaired) electrons. The predicted molar refractivity (Wildman–Crippen MR) is 167 cm³/mol. The number of aromatic nitrogens is 2. The first-order valence-electron chi connectivity index (χ1n) is 13.4. The third-order valence-corrected chi connectivity index (χ3v) is 7.45. The lowest BCUT2D eigenvalue weighted by Crippen LogP contribution is -2.03. The average Bonchev–Trinajstić information content (AvgIpc) is 3.60. The number of aromatic amines is 2. The number of para-hydroxylation sites is 4. The van der Waals surface area contributed by atoms with Crippen molar-refractivity contribution >= 4 is 49.4 Å². The van der Waals surface area contributed by atoms with Crippen LogP contribution in [0.5, 0.6) is 0 Å². The SMILES string of the molecule is O=C(c1ccccc1)c1ccccc1-c1cccc2c1[nH]c1ccccc12.c1ccc2c(c1)[nH]c1ccccc12. The van der Waals surface area contributed by atoms with E-state index in [0.29, 0.717) is 5.56 Å². The quantitative estimate of drug-likeness (QED) is 0.227. The van der Waals surface area contributed by atoms with Gasteiger partial charge in [0, 0.05) is 54.8 Å². The van der Waals surface area contributed by atoms with E-state index in [-0.39, 0.29) is 5.78 Å². The van der Waals surface area contributed by atoms with Gasteiger partial charge in [-0.05, 0) is 23.8 Å². The summed E-state index contributed by atoms with van der Waals surface area (Å²) in [5.41, 5.74) is 8.00. The van der Waals surface area contributed by atoms with Gasteiger partial charge in [0.2, 0.25) is 0 Å². The van der Waals surface area contributed by atoms with Crippen LogP contribution < -0.4 is 0 Å². The third-order valence-electron chi connectivity index (χ3n) is 7.45. The molecule has 0 aliphatic carbocycles. The molecule has 0 bridgehead atoms. The second-order valence-corrected chi connectivity index (χ2v) is 9.86. The molecule has 8 aromatic rings. The van der Waals surface area contributed by atoms with E-state index in [9.17, 15) is 4.79 Å². The Bertz CT molecular complexity index is 2080. The molecule has 0 fully saturated rings. The van der Waals surface area contributed by atoms with Gasteiger partial charge in [-0.25, -0.2) is 0 Å². The summed E-state index contributed by atoms with van der Waals surface area (Å²) >= 11 is 0. The van der Waals surface area contributed by atoms with E-state index < -0.39 is 0 Å². The fraction of sp³-hybridized carbons (Fsp3) is 0. The van der Waals surface area contributed by atoms with Crippen LogP contribution in [0.1, 0.15) is 15.9 Å². The van der Waals surface area contributed by atoms with E-state index in [2.05, 4.69) is 94.9 Å². The second kappa shape index (κ2) is 10.0. The van der Waals surface area contributed by atoms with Gasteiger partial charge in [-0.2, -0.15) is 0 Å². The maximum atomic E-state index is 13.1. The molecule has 0 spiro atoms. The first-order chi connectivity index (χ1) is 19.8. The highest BCUT2D eigenvalue weighted by Crippen LogP contribution is 2.35. The Kier molecular flexibility index (Phi) is 5.95. The van der Waals surface area contributed by atoms with Crippen molar-refractivity contribution in [2.75, 3.05) is 0 Å². The average molecular weight is 515 g/mol. The topological polar surface area (TPSA) is 48.6 Å². The molecule has 2 aromatic heterocycles. The highest BCUT2D eigenvalue weighted by molar-refractivity contribution is 6.17. The van der Waals surface area contributed by atoms with Crippen molar-refractivity contribution < 1.29 is 4.79 Å². The van der Waals surface area contributed by atoms with E-state index in [0.717, 1.165) is 27.7 Å². The number of rotatable bonds is 3. The van der Waals surface area contributed by atoms with Crippen LogP contribution in [0.4, 0.5) is 0 Å². The molecule has 8 rings (SSSR count). The van der Waals surface area contributed by atoms with Gasteiger partial charge in [0.1, 0.15) is 0 Å². The van der Waals surface area contributed by atoms with E-state index in [1.807, 2.05) is 60.7 Å². The van der Waals surface area contributed by atoms with Crippen LogP contribution in [0.15, 0.2) is 146 Å². The Morgan fingerprint density at radius 1 is 0.400 bits per heavy atom. The lowest BCUT2D eigenvalue weighted by atomic mass is 9.93. The number of carbonyl (C=O) groups is 1. The number of carbonyl (C=O) groups excluding carboxylic acids is 1. The molecule has 0 saturated heterocycles. The number of hydrogen-bond acceptors (Lipinski definition) is 1. The number of nitrogens with one attached hydrogen (secondary N) is 2. The maximum Gasteiger partial charge on any atom is 0.193 e. The van der Waals surface area contributed by atoms with Crippen LogP contribution in [0.3, 0.4) is 0 Å². The first kappa shape index (κ1) is 23.7. The van der Waals surface area contributed by atoms with E-state index >= 15 is 0 Å². The molecule has 2 N–H and O–H groups in total. The number of hydrogen-bond donors (Lipinski definition) is 2. The Balaban J connectivity index is 0.000000169. The molecule has 0 atom stereocenters. The number of H-pyrrole nitrogens is 2. The Morgan fingerprint density at radius 3 is 1.55 bits per heavy atom. The van der Waals surface area contributed by atoms with Crippen molar-refractivity contribution in [3.63, 3.8) is 0 Å².